The van der Waals surface area contributed by atoms with Crippen LogP contribution in [0.15, 0.2) is 24.4 Å². The molecule has 0 saturated carbocycles. The second kappa shape index (κ2) is 8.16. The summed E-state index contributed by atoms with van der Waals surface area (Å²) in [5, 5.41) is 9.57. The number of aromatic nitrogens is 1. The van der Waals surface area contributed by atoms with Gasteiger partial charge >= 0.3 is 11.9 Å². The maximum atomic E-state index is 11.7. The number of carboxylic acids is 1. The molecule has 2 aromatic rings. The van der Waals surface area contributed by atoms with Crippen molar-refractivity contribution < 1.29 is 19.4 Å². The van der Waals surface area contributed by atoms with Gasteiger partial charge in [-0.3, -0.25) is 14.5 Å². The Balaban J connectivity index is 2.23. The van der Waals surface area contributed by atoms with Crippen LogP contribution in [0.2, 0.25) is 0 Å². The van der Waals surface area contributed by atoms with Gasteiger partial charge in [0.2, 0.25) is 0 Å². The molecule has 1 aromatic heterocycles. The summed E-state index contributed by atoms with van der Waals surface area (Å²) in [6.45, 7) is 9.59. The predicted molar refractivity (Wildman–Crippen MR) is 96.9 cm³/mol. The molecule has 0 fully saturated rings. The van der Waals surface area contributed by atoms with Gasteiger partial charge in [0.05, 0.1) is 0 Å². The van der Waals surface area contributed by atoms with Crippen molar-refractivity contribution >= 4 is 22.8 Å². The van der Waals surface area contributed by atoms with Crippen LogP contribution >= 0.6 is 0 Å². The molecular formula is C19H26N2O4. The van der Waals surface area contributed by atoms with Crippen molar-refractivity contribution in [1.29, 1.82) is 0 Å². The van der Waals surface area contributed by atoms with Crippen LogP contribution in [0.1, 0.15) is 39.7 Å². The molecule has 0 saturated heterocycles. The fourth-order valence-electron chi connectivity index (χ4n) is 3.15. The molecule has 2 rings (SSSR count). The molecule has 25 heavy (non-hydrogen) atoms. The van der Waals surface area contributed by atoms with E-state index >= 15 is 0 Å². The van der Waals surface area contributed by atoms with E-state index in [1.165, 1.54) is 0 Å². The number of rotatable bonds is 8. The van der Waals surface area contributed by atoms with Crippen molar-refractivity contribution in [3.05, 3.63) is 30.0 Å². The Morgan fingerprint density at radius 2 is 1.88 bits per heavy atom. The highest BCUT2D eigenvalue weighted by molar-refractivity contribution is 5.95. The minimum Gasteiger partial charge on any atom is -0.481 e. The van der Waals surface area contributed by atoms with Crippen molar-refractivity contribution in [2.24, 2.45) is 0 Å². The van der Waals surface area contributed by atoms with Crippen LogP contribution in [0, 0.1) is 0 Å². The number of hydrogen-bond donors (Lipinski definition) is 2. The molecule has 0 aliphatic rings. The molecule has 0 atom stereocenters. The predicted octanol–water partition coefficient (Wildman–Crippen LogP) is 3.21. The van der Waals surface area contributed by atoms with Gasteiger partial charge in [-0.05, 0) is 51.8 Å². The lowest BCUT2D eigenvalue weighted by Crippen LogP contribution is -2.38. The lowest BCUT2D eigenvalue weighted by molar-refractivity contribution is -0.145. The third kappa shape index (κ3) is 4.82. The first kappa shape index (κ1) is 19.0. The van der Waals surface area contributed by atoms with E-state index in [1.54, 1.807) is 12.1 Å². The summed E-state index contributed by atoms with van der Waals surface area (Å²) in [5.41, 5.74) is 1.93. The van der Waals surface area contributed by atoms with E-state index in [0.717, 1.165) is 29.4 Å². The van der Waals surface area contributed by atoms with Crippen LogP contribution in [0.3, 0.4) is 0 Å². The molecule has 1 heterocycles. The third-order valence-corrected chi connectivity index (χ3v) is 4.23. The zero-order valence-electron chi connectivity index (χ0n) is 15.2. The Labute approximate surface area is 147 Å². The van der Waals surface area contributed by atoms with Crippen molar-refractivity contribution in [3.63, 3.8) is 0 Å². The Hall–Kier alpha value is -2.34. The number of H-pyrrole nitrogens is 1. The molecule has 0 aliphatic heterocycles. The number of fused-ring (bicyclic) bond motifs is 1. The SMILES string of the molecule is CC(C)N(CCc1c[nH]c2cccc(OC(=O)CC(=O)O)c12)C(C)C. The molecule has 2 N–H and O–H groups in total. The molecule has 0 radical (unpaired) electrons. The topological polar surface area (TPSA) is 82.6 Å². The number of aromatic amines is 1. The number of esters is 1. The number of carbonyl (C=O) groups excluding carboxylic acids is 1. The van der Waals surface area contributed by atoms with Crippen molar-refractivity contribution in [3.8, 4) is 5.75 Å². The lowest BCUT2D eigenvalue weighted by Gasteiger charge is -2.30. The summed E-state index contributed by atoms with van der Waals surface area (Å²) < 4.78 is 5.29. The molecular weight excluding hydrogens is 320 g/mol. The minimum absolute atomic E-state index is 0.403. The van der Waals surface area contributed by atoms with Crippen LogP contribution in [0.5, 0.6) is 5.75 Å². The molecule has 0 amide bonds. The Kier molecular flexibility index (Phi) is 6.20. The largest absolute Gasteiger partial charge is 0.481 e. The number of nitrogens with zero attached hydrogens (tertiary/aromatic N) is 1. The van der Waals surface area contributed by atoms with Gasteiger partial charge < -0.3 is 14.8 Å². The van der Waals surface area contributed by atoms with Crippen LogP contribution in [0.4, 0.5) is 0 Å². The highest BCUT2D eigenvalue weighted by Gasteiger charge is 2.17. The number of benzene rings is 1. The summed E-state index contributed by atoms with van der Waals surface area (Å²) in [4.78, 5) is 28.0. The summed E-state index contributed by atoms with van der Waals surface area (Å²) in [5.74, 6) is -1.56. The number of aliphatic carboxylic acids is 1. The molecule has 136 valence electrons. The first-order chi connectivity index (χ1) is 11.8. The van der Waals surface area contributed by atoms with Crippen LogP contribution < -0.4 is 4.74 Å². The van der Waals surface area contributed by atoms with E-state index in [4.69, 9.17) is 9.84 Å². The highest BCUT2D eigenvalue weighted by Crippen LogP contribution is 2.29. The maximum Gasteiger partial charge on any atom is 0.322 e. The first-order valence-electron chi connectivity index (χ1n) is 8.56. The summed E-state index contributed by atoms with van der Waals surface area (Å²) in [7, 11) is 0. The van der Waals surface area contributed by atoms with Gasteiger partial charge in [0.1, 0.15) is 12.2 Å². The molecule has 0 bridgehead atoms. The fraction of sp³-hybridized carbons (Fsp3) is 0.474. The van der Waals surface area contributed by atoms with E-state index in [9.17, 15) is 9.59 Å². The normalized spacial score (nSPS) is 11.6. The molecule has 1 aromatic carbocycles. The van der Waals surface area contributed by atoms with E-state index in [1.807, 2.05) is 12.3 Å². The average Bonchev–Trinajstić information content (AvgIpc) is 2.90. The molecule has 6 heteroatoms. The van der Waals surface area contributed by atoms with Crippen molar-refractivity contribution in [2.45, 2.75) is 52.6 Å². The molecule has 6 nitrogen and oxygen atoms in total. The van der Waals surface area contributed by atoms with Gasteiger partial charge in [-0.15, -0.1) is 0 Å². The average molecular weight is 346 g/mol. The number of carboxylic acid groups (broad SMARTS) is 1. The summed E-state index contributed by atoms with van der Waals surface area (Å²) in [6, 6.07) is 6.27. The smallest absolute Gasteiger partial charge is 0.322 e. The van der Waals surface area contributed by atoms with Gasteiger partial charge in [0.15, 0.2) is 0 Å². The standard InChI is InChI=1S/C19H26N2O4/c1-12(2)21(13(3)4)9-8-14-11-20-15-6-5-7-16(19(14)15)25-18(24)10-17(22)23/h5-7,11-13,20H,8-10H2,1-4H3,(H,22,23). The van der Waals surface area contributed by atoms with E-state index in [-0.39, 0.29) is 0 Å². The first-order valence-corrected chi connectivity index (χ1v) is 8.56. The summed E-state index contributed by atoms with van der Waals surface area (Å²) >= 11 is 0. The van der Waals surface area contributed by atoms with E-state index in [0.29, 0.717) is 17.8 Å². The molecule has 0 aliphatic carbocycles. The number of hydrogen-bond acceptors (Lipinski definition) is 4. The van der Waals surface area contributed by atoms with Crippen molar-refractivity contribution in [1.82, 2.24) is 9.88 Å². The highest BCUT2D eigenvalue weighted by atomic mass is 16.5. The van der Waals surface area contributed by atoms with E-state index in [2.05, 4.69) is 37.6 Å². The van der Waals surface area contributed by atoms with Gasteiger partial charge in [0, 0.05) is 35.7 Å². The van der Waals surface area contributed by atoms with Gasteiger partial charge in [-0.1, -0.05) is 6.07 Å². The van der Waals surface area contributed by atoms with Crippen LogP contribution in [-0.2, 0) is 16.0 Å². The monoisotopic (exact) mass is 346 g/mol. The molecule has 0 spiro atoms. The number of carbonyl (C=O) groups is 2. The lowest BCUT2D eigenvalue weighted by atomic mass is 10.1. The van der Waals surface area contributed by atoms with Gasteiger partial charge in [-0.2, -0.15) is 0 Å². The zero-order valence-corrected chi connectivity index (χ0v) is 15.2. The Bertz CT molecular complexity index is 741. The Morgan fingerprint density at radius 3 is 2.48 bits per heavy atom. The molecule has 0 unspecified atom stereocenters. The Morgan fingerprint density at radius 1 is 1.20 bits per heavy atom. The maximum absolute atomic E-state index is 11.7. The second-order valence-corrected chi connectivity index (χ2v) is 6.71. The minimum atomic E-state index is -1.20. The van der Waals surface area contributed by atoms with E-state index < -0.39 is 18.4 Å². The van der Waals surface area contributed by atoms with Crippen LogP contribution in [-0.4, -0.2) is 45.6 Å². The third-order valence-electron chi connectivity index (χ3n) is 4.23. The quantitative estimate of drug-likeness (QED) is 0.436. The number of nitrogens with one attached hydrogen (secondary N) is 1. The van der Waals surface area contributed by atoms with Crippen molar-refractivity contribution in [2.75, 3.05) is 6.54 Å². The van der Waals surface area contributed by atoms with Gasteiger partial charge in [-0.25, -0.2) is 0 Å². The van der Waals surface area contributed by atoms with Crippen LogP contribution in [0.25, 0.3) is 10.9 Å². The van der Waals surface area contributed by atoms with Gasteiger partial charge in [0.25, 0.3) is 0 Å². The zero-order chi connectivity index (χ0) is 18.6. The summed E-state index contributed by atoms with van der Waals surface area (Å²) in [6.07, 6.45) is 2.09. The number of ether oxygens (including phenoxy) is 1. The second-order valence-electron chi connectivity index (χ2n) is 6.71. The fourth-order valence-corrected chi connectivity index (χ4v) is 3.15.